The molecule has 1 heterocycles. The summed E-state index contributed by atoms with van der Waals surface area (Å²) in [5.74, 6) is 4.99. The highest BCUT2D eigenvalue weighted by Crippen LogP contribution is 2.37. The van der Waals surface area contributed by atoms with E-state index >= 15 is 0 Å². The summed E-state index contributed by atoms with van der Waals surface area (Å²) in [6, 6.07) is 17.5. The Morgan fingerprint density at radius 3 is 2.54 bits per heavy atom. The number of aryl methyl sites for hydroxylation is 1. The number of nitrogens with zero attached hydrogens (tertiary/aromatic N) is 3. The zero-order valence-electron chi connectivity index (χ0n) is 20.4. The van der Waals surface area contributed by atoms with Gasteiger partial charge in [-0.2, -0.15) is 5.10 Å². The van der Waals surface area contributed by atoms with Crippen LogP contribution in [0.15, 0.2) is 54.6 Å². The van der Waals surface area contributed by atoms with Crippen LogP contribution < -0.4 is 9.47 Å². The average molecular weight is 476 g/mol. The molecule has 7 heteroatoms. The van der Waals surface area contributed by atoms with E-state index in [1.807, 2.05) is 66.2 Å². The molecular formula is C28H33N3O4. The van der Waals surface area contributed by atoms with Crippen LogP contribution in [0.1, 0.15) is 24.1 Å². The van der Waals surface area contributed by atoms with Crippen molar-refractivity contribution >= 4 is 0 Å². The molecule has 1 N–H and O–H groups in total. The Hall–Kier alpha value is -3.31. The molecule has 1 fully saturated rings. The highest BCUT2D eigenvalue weighted by atomic mass is 16.5. The Labute approximate surface area is 207 Å². The second kappa shape index (κ2) is 11.9. The highest BCUT2D eigenvalue weighted by Gasteiger charge is 2.28. The maximum Gasteiger partial charge on any atom is 0.227 e. The summed E-state index contributed by atoms with van der Waals surface area (Å²) in [5, 5.41) is 15.4. The van der Waals surface area contributed by atoms with E-state index in [2.05, 4.69) is 10.8 Å². The van der Waals surface area contributed by atoms with Crippen LogP contribution in [0.4, 0.5) is 0 Å². The number of hydrogen-bond donors (Lipinski definition) is 1. The molecule has 0 radical (unpaired) electrons. The van der Waals surface area contributed by atoms with Gasteiger partial charge in [0.05, 0.1) is 36.8 Å². The van der Waals surface area contributed by atoms with Gasteiger partial charge in [0.1, 0.15) is 6.61 Å². The lowest BCUT2D eigenvalue weighted by Crippen LogP contribution is -2.36. The number of benzene rings is 2. The number of ether oxygens (including phenoxy) is 3. The molecule has 7 nitrogen and oxygen atoms in total. The first kappa shape index (κ1) is 24.8. The summed E-state index contributed by atoms with van der Waals surface area (Å²) >= 11 is 0. The van der Waals surface area contributed by atoms with Crippen LogP contribution >= 0.6 is 0 Å². The molecule has 1 aromatic heterocycles. The number of methoxy groups -OCH3 is 1. The third-order valence-corrected chi connectivity index (χ3v) is 5.97. The SMILES string of the molecule is C#CCOC[C@@H](O)CN(Cc1c(C)nn(-c2ccccc2)c1Oc1ccccc1OC)CC1CC1. The second-order valence-electron chi connectivity index (χ2n) is 8.88. The third-order valence-electron chi connectivity index (χ3n) is 5.97. The van der Waals surface area contributed by atoms with Crippen molar-refractivity contribution in [2.24, 2.45) is 5.92 Å². The molecule has 3 aromatic rings. The van der Waals surface area contributed by atoms with E-state index in [4.69, 9.17) is 25.7 Å². The van der Waals surface area contributed by atoms with Gasteiger partial charge in [0, 0.05) is 19.6 Å². The van der Waals surface area contributed by atoms with Crippen molar-refractivity contribution in [1.82, 2.24) is 14.7 Å². The molecule has 0 aliphatic heterocycles. The molecule has 0 unspecified atom stereocenters. The molecule has 0 bridgehead atoms. The Morgan fingerprint density at radius 1 is 1.14 bits per heavy atom. The van der Waals surface area contributed by atoms with E-state index in [0.29, 0.717) is 36.4 Å². The first-order valence-electron chi connectivity index (χ1n) is 12.0. The molecule has 2 aromatic carbocycles. The first-order chi connectivity index (χ1) is 17.1. The monoisotopic (exact) mass is 475 g/mol. The Bertz CT molecular complexity index is 1130. The van der Waals surface area contributed by atoms with Gasteiger partial charge in [0.15, 0.2) is 11.5 Å². The smallest absolute Gasteiger partial charge is 0.227 e. The lowest BCUT2D eigenvalue weighted by atomic mass is 10.2. The minimum Gasteiger partial charge on any atom is -0.493 e. The second-order valence-corrected chi connectivity index (χ2v) is 8.88. The summed E-state index contributed by atoms with van der Waals surface area (Å²) < 4.78 is 19.2. The van der Waals surface area contributed by atoms with Crippen molar-refractivity contribution in [1.29, 1.82) is 0 Å². The number of rotatable bonds is 13. The molecule has 0 saturated heterocycles. The van der Waals surface area contributed by atoms with E-state index in [1.54, 1.807) is 7.11 Å². The fourth-order valence-corrected chi connectivity index (χ4v) is 4.07. The first-order valence-corrected chi connectivity index (χ1v) is 12.0. The van der Waals surface area contributed by atoms with E-state index in [9.17, 15) is 5.11 Å². The quantitative estimate of drug-likeness (QED) is 0.295. The standard InChI is InChI=1S/C28H33N3O4/c1-4-16-34-20-24(32)18-30(17-22-14-15-22)19-25-21(2)29-31(23-10-6-5-7-11-23)28(25)35-27-13-9-8-12-26(27)33-3/h1,5-13,22,24,32H,14-20H2,2-3H3/t24-/m0/s1. The van der Waals surface area contributed by atoms with Gasteiger partial charge in [0.25, 0.3) is 0 Å². The van der Waals surface area contributed by atoms with Crippen molar-refractivity contribution < 1.29 is 19.3 Å². The van der Waals surface area contributed by atoms with Crippen LogP contribution in [0, 0.1) is 25.2 Å². The minimum atomic E-state index is -0.634. The number of aliphatic hydroxyl groups is 1. The van der Waals surface area contributed by atoms with Gasteiger partial charge in [-0.25, -0.2) is 4.68 Å². The lowest BCUT2D eigenvalue weighted by molar-refractivity contribution is 0.0250. The van der Waals surface area contributed by atoms with Crippen LogP contribution in [-0.4, -0.2) is 59.3 Å². The third kappa shape index (κ3) is 6.64. The predicted molar refractivity (Wildman–Crippen MR) is 135 cm³/mol. The maximum absolute atomic E-state index is 10.6. The van der Waals surface area contributed by atoms with Gasteiger partial charge < -0.3 is 19.3 Å². The summed E-state index contributed by atoms with van der Waals surface area (Å²) in [6.45, 7) is 4.36. The van der Waals surface area contributed by atoms with Crippen LogP contribution in [0.3, 0.4) is 0 Å². The summed E-state index contributed by atoms with van der Waals surface area (Å²) in [7, 11) is 1.63. The van der Waals surface area contributed by atoms with E-state index in [0.717, 1.165) is 23.5 Å². The Kier molecular flexibility index (Phi) is 8.43. The number of aliphatic hydroxyl groups excluding tert-OH is 1. The summed E-state index contributed by atoms with van der Waals surface area (Å²) in [4.78, 5) is 2.26. The predicted octanol–water partition coefficient (Wildman–Crippen LogP) is 4.20. The van der Waals surface area contributed by atoms with Crippen molar-refractivity contribution in [3.05, 3.63) is 65.9 Å². The zero-order valence-corrected chi connectivity index (χ0v) is 20.4. The zero-order chi connectivity index (χ0) is 24.6. The largest absolute Gasteiger partial charge is 0.493 e. The Morgan fingerprint density at radius 2 is 1.86 bits per heavy atom. The Balaban J connectivity index is 1.65. The molecule has 1 atom stereocenters. The van der Waals surface area contributed by atoms with Crippen LogP contribution in [0.2, 0.25) is 0 Å². The van der Waals surface area contributed by atoms with Crippen molar-refractivity contribution in [2.45, 2.75) is 32.4 Å². The molecule has 1 saturated carbocycles. The number of terminal acetylenes is 1. The number of aromatic nitrogens is 2. The fourth-order valence-electron chi connectivity index (χ4n) is 4.07. The van der Waals surface area contributed by atoms with Crippen molar-refractivity contribution in [2.75, 3.05) is 33.4 Å². The highest BCUT2D eigenvalue weighted by molar-refractivity contribution is 5.47. The van der Waals surface area contributed by atoms with Gasteiger partial charge in [0.2, 0.25) is 5.88 Å². The van der Waals surface area contributed by atoms with E-state index in [-0.39, 0.29) is 13.2 Å². The minimum absolute atomic E-state index is 0.194. The number of para-hydroxylation sites is 3. The van der Waals surface area contributed by atoms with Gasteiger partial charge in [-0.15, -0.1) is 6.42 Å². The number of hydrogen-bond acceptors (Lipinski definition) is 6. The molecule has 4 rings (SSSR count). The summed E-state index contributed by atoms with van der Waals surface area (Å²) in [6.07, 6.45) is 7.06. The lowest BCUT2D eigenvalue weighted by Gasteiger charge is -2.25. The van der Waals surface area contributed by atoms with Gasteiger partial charge >= 0.3 is 0 Å². The van der Waals surface area contributed by atoms with Crippen LogP contribution in [0.5, 0.6) is 17.4 Å². The average Bonchev–Trinajstić information content (AvgIpc) is 3.64. The molecule has 35 heavy (non-hydrogen) atoms. The molecule has 1 aliphatic carbocycles. The van der Waals surface area contributed by atoms with Gasteiger partial charge in [-0.1, -0.05) is 36.3 Å². The fraction of sp³-hybridized carbons (Fsp3) is 0.393. The van der Waals surface area contributed by atoms with E-state index < -0.39 is 6.10 Å². The van der Waals surface area contributed by atoms with Crippen LogP contribution in [0.25, 0.3) is 5.69 Å². The summed E-state index contributed by atoms with van der Waals surface area (Å²) in [5.41, 5.74) is 2.75. The molecule has 0 amide bonds. The van der Waals surface area contributed by atoms with Gasteiger partial charge in [-0.05, 0) is 49.9 Å². The van der Waals surface area contributed by atoms with E-state index in [1.165, 1.54) is 12.8 Å². The van der Waals surface area contributed by atoms with Crippen molar-refractivity contribution in [3.8, 4) is 35.4 Å². The molecular weight excluding hydrogens is 442 g/mol. The van der Waals surface area contributed by atoms with Crippen molar-refractivity contribution in [3.63, 3.8) is 0 Å². The molecule has 0 spiro atoms. The van der Waals surface area contributed by atoms with Gasteiger partial charge in [-0.3, -0.25) is 4.90 Å². The molecule has 1 aliphatic rings. The topological polar surface area (TPSA) is 69.0 Å². The normalized spacial score (nSPS) is 14.0. The molecule has 184 valence electrons. The van der Waals surface area contributed by atoms with Crippen LogP contribution in [-0.2, 0) is 11.3 Å². The maximum atomic E-state index is 10.6.